The summed E-state index contributed by atoms with van der Waals surface area (Å²) < 4.78 is 27.2. The van der Waals surface area contributed by atoms with E-state index in [0.717, 1.165) is 16.9 Å². The quantitative estimate of drug-likeness (QED) is 0.646. The van der Waals surface area contributed by atoms with Crippen molar-refractivity contribution in [3.8, 4) is 0 Å². The van der Waals surface area contributed by atoms with E-state index in [-0.39, 0.29) is 10.1 Å². The Morgan fingerprint density at radius 1 is 1.04 bits per heavy atom. The van der Waals surface area contributed by atoms with Crippen LogP contribution >= 0.6 is 22.9 Å². The molecule has 0 aliphatic carbocycles. The van der Waals surface area contributed by atoms with Crippen molar-refractivity contribution >= 4 is 44.6 Å². The van der Waals surface area contributed by atoms with Crippen molar-refractivity contribution < 1.29 is 13.2 Å². The smallest absolute Gasteiger partial charge is 0.271 e. The summed E-state index contributed by atoms with van der Waals surface area (Å²) in [4.78, 5) is 12.3. The van der Waals surface area contributed by atoms with Crippen LogP contribution in [0.2, 0.25) is 5.02 Å². The normalized spacial score (nSPS) is 11.1. The summed E-state index contributed by atoms with van der Waals surface area (Å²) in [7, 11) is -3.65. The lowest BCUT2D eigenvalue weighted by atomic mass is 10.2. The highest BCUT2D eigenvalue weighted by Crippen LogP contribution is 2.21. The lowest BCUT2D eigenvalue weighted by Crippen LogP contribution is -2.23. The molecular formula is C18H15ClN2O3S2. The van der Waals surface area contributed by atoms with Crippen LogP contribution in [0.4, 0.5) is 5.69 Å². The third-order valence-electron chi connectivity index (χ3n) is 3.50. The van der Waals surface area contributed by atoms with Crippen LogP contribution in [0.25, 0.3) is 0 Å². The van der Waals surface area contributed by atoms with Crippen molar-refractivity contribution in [1.29, 1.82) is 0 Å². The van der Waals surface area contributed by atoms with E-state index >= 15 is 0 Å². The maximum atomic E-state index is 12.3. The molecule has 1 amide bonds. The molecule has 0 unspecified atom stereocenters. The number of nitrogens with one attached hydrogen (secondary N) is 2. The average Bonchev–Trinajstić information content (AvgIpc) is 3.16. The van der Waals surface area contributed by atoms with E-state index in [0.29, 0.717) is 22.8 Å². The standard InChI is InChI=1S/C18H15ClN2O3S2/c19-15-8-6-13(7-9-15)12-20-18(22)14-3-1-4-16(11-14)21-26(23,24)17-5-2-10-25-17/h1-11,21H,12H2,(H,20,22). The second-order valence-corrected chi connectivity index (χ2v) is 8.72. The van der Waals surface area contributed by atoms with E-state index in [1.807, 2.05) is 12.1 Å². The van der Waals surface area contributed by atoms with E-state index in [9.17, 15) is 13.2 Å². The molecule has 0 atom stereocenters. The van der Waals surface area contributed by atoms with Gasteiger partial charge < -0.3 is 5.32 Å². The largest absolute Gasteiger partial charge is 0.348 e. The Bertz CT molecular complexity index is 1000. The maximum Gasteiger partial charge on any atom is 0.271 e. The highest BCUT2D eigenvalue weighted by molar-refractivity contribution is 7.94. The minimum Gasteiger partial charge on any atom is -0.348 e. The van der Waals surface area contributed by atoms with Gasteiger partial charge in [0.2, 0.25) is 0 Å². The van der Waals surface area contributed by atoms with Gasteiger partial charge in [-0.1, -0.05) is 35.9 Å². The third kappa shape index (κ3) is 4.63. The molecule has 0 radical (unpaired) electrons. The van der Waals surface area contributed by atoms with Gasteiger partial charge in [-0.3, -0.25) is 9.52 Å². The number of benzene rings is 2. The Morgan fingerprint density at radius 2 is 1.81 bits per heavy atom. The van der Waals surface area contributed by atoms with Crippen LogP contribution in [0.5, 0.6) is 0 Å². The first-order valence-electron chi connectivity index (χ1n) is 7.63. The van der Waals surface area contributed by atoms with Gasteiger partial charge in [0, 0.05) is 22.8 Å². The molecule has 3 rings (SSSR count). The Morgan fingerprint density at radius 3 is 2.50 bits per heavy atom. The molecule has 2 aromatic carbocycles. The first-order chi connectivity index (χ1) is 12.4. The van der Waals surface area contributed by atoms with Gasteiger partial charge in [0.1, 0.15) is 4.21 Å². The third-order valence-corrected chi connectivity index (χ3v) is 6.53. The van der Waals surface area contributed by atoms with E-state index in [1.165, 1.54) is 12.1 Å². The van der Waals surface area contributed by atoms with Crippen molar-refractivity contribution in [2.45, 2.75) is 10.8 Å². The second kappa shape index (κ2) is 7.90. The molecule has 0 aliphatic rings. The van der Waals surface area contributed by atoms with Gasteiger partial charge in [0.25, 0.3) is 15.9 Å². The molecule has 134 valence electrons. The Kier molecular flexibility index (Phi) is 5.61. The summed E-state index contributed by atoms with van der Waals surface area (Å²) in [6, 6.07) is 16.7. The highest BCUT2D eigenvalue weighted by atomic mass is 35.5. The number of hydrogen-bond donors (Lipinski definition) is 2. The molecule has 1 aromatic heterocycles. The average molecular weight is 407 g/mol. The zero-order chi connectivity index (χ0) is 18.6. The van der Waals surface area contributed by atoms with Crippen LogP contribution < -0.4 is 10.0 Å². The minimum atomic E-state index is -3.65. The van der Waals surface area contributed by atoms with Crippen molar-refractivity contribution in [1.82, 2.24) is 5.32 Å². The van der Waals surface area contributed by atoms with Gasteiger partial charge in [-0.05, 0) is 47.3 Å². The summed E-state index contributed by atoms with van der Waals surface area (Å²) in [5.41, 5.74) is 1.61. The fraction of sp³-hybridized carbons (Fsp3) is 0.0556. The van der Waals surface area contributed by atoms with Gasteiger partial charge in [-0.15, -0.1) is 11.3 Å². The van der Waals surface area contributed by atoms with Crippen LogP contribution in [0.15, 0.2) is 70.3 Å². The fourth-order valence-electron chi connectivity index (χ4n) is 2.23. The summed E-state index contributed by atoms with van der Waals surface area (Å²) in [6.07, 6.45) is 0. The van der Waals surface area contributed by atoms with Gasteiger partial charge in [0.15, 0.2) is 0 Å². The Balaban J connectivity index is 1.68. The first kappa shape index (κ1) is 18.4. The molecule has 0 saturated carbocycles. The minimum absolute atomic E-state index is 0.218. The first-order valence-corrected chi connectivity index (χ1v) is 10.4. The van der Waals surface area contributed by atoms with Crippen molar-refractivity contribution in [2.75, 3.05) is 4.72 Å². The number of carbonyl (C=O) groups is 1. The van der Waals surface area contributed by atoms with E-state index in [2.05, 4.69) is 10.0 Å². The van der Waals surface area contributed by atoms with Gasteiger partial charge in [-0.2, -0.15) is 0 Å². The van der Waals surface area contributed by atoms with Crippen LogP contribution in [-0.2, 0) is 16.6 Å². The lowest BCUT2D eigenvalue weighted by Gasteiger charge is -2.09. The Hall–Kier alpha value is -2.35. The predicted molar refractivity (Wildman–Crippen MR) is 104 cm³/mol. The number of thiophene rings is 1. The lowest BCUT2D eigenvalue weighted by molar-refractivity contribution is 0.0951. The number of sulfonamides is 1. The van der Waals surface area contributed by atoms with Gasteiger partial charge in [0.05, 0.1) is 0 Å². The molecule has 0 fully saturated rings. The van der Waals surface area contributed by atoms with E-state index in [1.54, 1.807) is 41.8 Å². The number of halogens is 1. The molecule has 0 saturated heterocycles. The van der Waals surface area contributed by atoms with Crippen molar-refractivity contribution in [3.05, 3.63) is 82.2 Å². The Labute approximate surface area is 160 Å². The van der Waals surface area contributed by atoms with Crippen LogP contribution in [0, 0.1) is 0 Å². The van der Waals surface area contributed by atoms with Gasteiger partial charge >= 0.3 is 0 Å². The molecule has 26 heavy (non-hydrogen) atoms. The zero-order valence-electron chi connectivity index (χ0n) is 13.5. The number of anilines is 1. The number of amides is 1. The molecule has 0 aliphatic heterocycles. The maximum absolute atomic E-state index is 12.3. The highest BCUT2D eigenvalue weighted by Gasteiger charge is 2.16. The summed E-state index contributed by atoms with van der Waals surface area (Å²) in [5.74, 6) is -0.294. The molecule has 3 aromatic rings. The predicted octanol–water partition coefficient (Wildman–Crippen LogP) is 4.13. The summed E-state index contributed by atoms with van der Waals surface area (Å²) >= 11 is 6.96. The van der Waals surface area contributed by atoms with E-state index < -0.39 is 10.0 Å². The van der Waals surface area contributed by atoms with E-state index in [4.69, 9.17) is 11.6 Å². The van der Waals surface area contributed by atoms with Crippen LogP contribution in [0.3, 0.4) is 0 Å². The number of carbonyl (C=O) groups excluding carboxylic acids is 1. The summed E-state index contributed by atoms with van der Waals surface area (Å²) in [5, 5.41) is 5.12. The van der Waals surface area contributed by atoms with Gasteiger partial charge in [-0.25, -0.2) is 8.42 Å². The SMILES string of the molecule is O=C(NCc1ccc(Cl)cc1)c1cccc(NS(=O)(=O)c2cccs2)c1. The molecule has 0 bridgehead atoms. The topological polar surface area (TPSA) is 75.3 Å². The molecule has 5 nitrogen and oxygen atoms in total. The van der Waals surface area contributed by atoms with Crippen LogP contribution in [0.1, 0.15) is 15.9 Å². The molecule has 8 heteroatoms. The number of rotatable bonds is 6. The van der Waals surface area contributed by atoms with Crippen molar-refractivity contribution in [2.24, 2.45) is 0 Å². The molecule has 0 spiro atoms. The fourth-order valence-corrected chi connectivity index (χ4v) is 4.40. The monoisotopic (exact) mass is 406 g/mol. The summed E-state index contributed by atoms with van der Waals surface area (Å²) in [6.45, 7) is 0.348. The molecule has 1 heterocycles. The van der Waals surface area contributed by atoms with Crippen molar-refractivity contribution in [3.63, 3.8) is 0 Å². The zero-order valence-corrected chi connectivity index (χ0v) is 15.9. The van der Waals surface area contributed by atoms with Crippen LogP contribution in [-0.4, -0.2) is 14.3 Å². The number of hydrogen-bond acceptors (Lipinski definition) is 4. The molecular weight excluding hydrogens is 392 g/mol. The second-order valence-electron chi connectivity index (χ2n) is 5.43. The molecule has 2 N–H and O–H groups in total.